The lowest BCUT2D eigenvalue weighted by Gasteiger charge is -2.11. The number of benzene rings is 16. The summed E-state index contributed by atoms with van der Waals surface area (Å²) in [6.45, 7) is 0. The molecule has 0 N–H and O–H groups in total. The van der Waals surface area contributed by atoms with Gasteiger partial charge in [0.15, 0.2) is 0 Å². The molecule has 20 rings (SSSR count). The molecule has 0 aliphatic rings. The van der Waals surface area contributed by atoms with Crippen molar-refractivity contribution in [1.29, 1.82) is 0 Å². The van der Waals surface area contributed by atoms with Crippen molar-refractivity contribution in [2.75, 3.05) is 0 Å². The number of hydrogen-bond acceptors (Lipinski definition) is 0. The van der Waals surface area contributed by atoms with Gasteiger partial charge in [0.1, 0.15) is 0 Å². The molecule has 16 aromatic carbocycles. The second kappa shape index (κ2) is 23.2. The van der Waals surface area contributed by atoms with Crippen molar-refractivity contribution in [3.8, 4) is 101 Å². The van der Waals surface area contributed by atoms with Crippen molar-refractivity contribution >= 4 is 87.2 Å². The van der Waals surface area contributed by atoms with Crippen molar-refractivity contribution in [3.63, 3.8) is 0 Å². The van der Waals surface area contributed by atoms with E-state index in [1.807, 2.05) is 0 Å². The molecule has 4 heterocycles. The van der Waals surface area contributed by atoms with Crippen LogP contribution in [0, 0.1) is 0 Å². The molecule has 100 heavy (non-hydrogen) atoms. The molecule has 20 aromatic rings. The summed E-state index contributed by atoms with van der Waals surface area (Å²) in [5.41, 5.74) is 30.8. The average Bonchev–Trinajstić information content (AvgIpc) is 1.60. The molecule has 0 aliphatic heterocycles. The smallest absolute Gasteiger partial charge is 0.0547 e. The lowest BCUT2D eigenvalue weighted by atomic mass is 9.95. The maximum absolute atomic E-state index is 2.42. The predicted molar refractivity (Wildman–Crippen MR) is 422 cm³/mol. The number of para-hydroxylation sites is 6. The van der Waals surface area contributed by atoms with E-state index in [-0.39, 0.29) is 0 Å². The number of hydrogen-bond donors (Lipinski definition) is 0. The molecule has 0 atom stereocenters. The van der Waals surface area contributed by atoms with Gasteiger partial charge in [-0.2, -0.15) is 0 Å². The quantitative estimate of drug-likeness (QED) is 0.123. The van der Waals surface area contributed by atoms with E-state index in [1.54, 1.807) is 0 Å². The minimum absolute atomic E-state index is 1.14. The second-order valence-corrected chi connectivity index (χ2v) is 26.4. The number of rotatable bonds is 11. The van der Waals surface area contributed by atoms with Crippen molar-refractivity contribution < 1.29 is 0 Å². The van der Waals surface area contributed by atoms with Gasteiger partial charge >= 0.3 is 0 Å². The summed E-state index contributed by atoms with van der Waals surface area (Å²) in [5.74, 6) is 0. The number of aromatic nitrogens is 4. The van der Waals surface area contributed by atoms with Crippen LogP contribution >= 0.6 is 0 Å². The maximum atomic E-state index is 2.42. The Hall–Kier alpha value is -13.3. The number of fused-ring (bicyclic) bond motifs is 12. The second-order valence-electron chi connectivity index (χ2n) is 26.4. The van der Waals surface area contributed by atoms with Crippen LogP contribution in [0.4, 0.5) is 0 Å². The standard InChI is InChI=1S/C96H62N4/c1-3-21-77(22-4-1)97-91-31-13-9-27-83(91)86-59-73(46-54-93(86)97)67-43-51-80(52-44-67)99-92-32-14-10-28-84(92)87-61-75(48-56-94(87)99)72-20-16-19-71(58-72)65-35-33-63(34-36-65)69-17-15-18-70(57-69)64-37-39-66(40-38-64)76-45-53-85-88-60-74(47-55-95(88)100(96(85)62-76)78-23-5-2-6-24-78)68-41-49-79(50-42-68)98-89-29-11-7-25-81(89)82-26-8-12-30-90(82)98/h1-62H. The van der Waals surface area contributed by atoms with E-state index in [4.69, 9.17) is 0 Å². The van der Waals surface area contributed by atoms with Gasteiger partial charge in [-0.25, -0.2) is 0 Å². The summed E-state index contributed by atoms with van der Waals surface area (Å²) in [7, 11) is 0. The normalized spacial score (nSPS) is 11.8. The molecule has 0 saturated carbocycles. The molecule has 4 aromatic heterocycles. The molecule has 4 heteroatoms. The summed E-state index contributed by atoms with van der Waals surface area (Å²) in [4.78, 5) is 0. The van der Waals surface area contributed by atoms with Gasteiger partial charge in [0.25, 0.3) is 0 Å². The Morgan fingerprint density at radius 2 is 0.330 bits per heavy atom. The van der Waals surface area contributed by atoms with Crippen molar-refractivity contribution in [1.82, 2.24) is 18.3 Å². The van der Waals surface area contributed by atoms with Gasteiger partial charge in [-0.3, -0.25) is 0 Å². The average molecular weight is 1270 g/mol. The first-order chi connectivity index (χ1) is 49.6. The van der Waals surface area contributed by atoms with Gasteiger partial charge in [0.2, 0.25) is 0 Å². The van der Waals surface area contributed by atoms with Crippen LogP contribution in [0.2, 0.25) is 0 Å². The van der Waals surface area contributed by atoms with Gasteiger partial charge in [0, 0.05) is 65.8 Å². The first-order valence-corrected chi connectivity index (χ1v) is 34.4. The molecule has 4 nitrogen and oxygen atoms in total. The van der Waals surface area contributed by atoms with Gasteiger partial charge in [-0.15, -0.1) is 0 Å². The minimum atomic E-state index is 1.14. The summed E-state index contributed by atoms with van der Waals surface area (Å²) >= 11 is 0. The van der Waals surface area contributed by atoms with E-state index in [9.17, 15) is 0 Å². The number of nitrogens with zero attached hydrogens (tertiary/aromatic N) is 4. The summed E-state index contributed by atoms with van der Waals surface area (Å²) < 4.78 is 9.59. The van der Waals surface area contributed by atoms with Crippen molar-refractivity contribution in [2.24, 2.45) is 0 Å². The Labute approximate surface area is 578 Å². The Morgan fingerprint density at radius 1 is 0.110 bits per heavy atom. The van der Waals surface area contributed by atoms with Crippen LogP contribution < -0.4 is 0 Å². The third-order valence-electron chi connectivity index (χ3n) is 20.8. The molecule has 0 saturated heterocycles. The summed E-state index contributed by atoms with van der Waals surface area (Å²) in [6, 6.07) is 138. The van der Waals surface area contributed by atoms with Crippen LogP contribution in [0.5, 0.6) is 0 Å². The van der Waals surface area contributed by atoms with E-state index in [0.717, 1.165) is 17.1 Å². The monoisotopic (exact) mass is 1270 g/mol. The molecule has 0 unspecified atom stereocenters. The van der Waals surface area contributed by atoms with E-state index in [2.05, 4.69) is 394 Å². The van der Waals surface area contributed by atoms with Gasteiger partial charge in [0.05, 0.1) is 44.1 Å². The van der Waals surface area contributed by atoms with Gasteiger partial charge in [-0.05, 0) is 205 Å². The Balaban J connectivity index is 0.551. The fourth-order valence-electron chi connectivity index (χ4n) is 15.9. The fourth-order valence-corrected chi connectivity index (χ4v) is 15.9. The Kier molecular flexibility index (Phi) is 13.2. The highest BCUT2D eigenvalue weighted by Gasteiger charge is 2.20. The van der Waals surface area contributed by atoms with Crippen molar-refractivity contribution in [3.05, 3.63) is 376 Å². The molecule has 0 radical (unpaired) electrons. The molecule has 0 spiro atoms. The zero-order chi connectivity index (χ0) is 65.8. The molecule has 466 valence electrons. The van der Waals surface area contributed by atoms with Crippen LogP contribution in [0.25, 0.3) is 188 Å². The summed E-state index contributed by atoms with van der Waals surface area (Å²) in [5, 5.41) is 9.97. The van der Waals surface area contributed by atoms with Gasteiger partial charge in [-0.1, -0.05) is 249 Å². The maximum Gasteiger partial charge on any atom is 0.0547 e. The topological polar surface area (TPSA) is 19.7 Å². The van der Waals surface area contributed by atoms with E-state index >= 15 is 0 Å². The molecular weight excluding hydrogens is 1210 g/mol. The third-order valence-corrected chi connectivity index (χ3v) is 20.8. The van der Waals surface area contributed by atoms with Crippen LogP contribution in [0.3, 0.4) is 0 Å². The first kappa shape index (κ1) is 57.0. The molecule has 0 bridgehead atoms. The minimum Gasteiger partial charge on any atom is -0.309 e. The highest BCUT2D eigenvalue weighted by molar-refractivity contribution is 6.14. The zero-order valence-corrected chi connectivity index (χ0v) is 54.6. The zero-order valence-electron chi connectivity index (χ0n) is 54.6. The first-order valence-electron chi connectivity index (χ1n) is 34.4. The fraction of sp³-hybridized carbons (Fsp3) is 0. The van der Waals surface area contributed by atoms with E-state index in [0.29, 0.717) is 0 Å². The third kappa shape index (κ3) is 9.45. The van der Waals surface area contributed by atoms with Gasteiger partial charge < -0.3 is 18.3 Å². The van der Waals surface area contributed by atoms with E-state index in [1.165, 1.54) is 171 Å². The highest BCUT2D eigenvalue weighted by Crippen LogP contribution is 2.42. The van der Waals surface area contributed by atoms with Crippen LogP contribution in [-0.4, -0.2) is 18.3 Å². The summed E-state index contributed by atoms with van der Waals surface area (Å²) in [6.07, 6.45) is 0. The molecule has 0 fully saturated rings. The lowest BCUT2D eigenvalue weighted by Crippen LogP contribution is -1.94. The predicted octanol–water partition coefficient (Wildman–Crippen LogP) is 25.7. The Bertz CT molecular complexity index is 6530. The van der Waals surface area contributed by atoms with Crippen molar-refractivity contribution in [2.45, 2.75) is 0 Å². The largest absolute Gasteiger partial charge is 0.309 e. The van der Waals surface area contributed by atoms with Crippen LogP contribution in [0.15, 0.2) is 376 Å². The lowest BCUT2D eigenvalue weighted by molar-refractivity contribution is 1.18. The SMILES string of the molecule is c1ccc(-n2c3ccccc3c3cc(-c4ccc(-n5c6ccccc6c6cc(-c7cccc(-c8ccc(-c9cccc(-c%10ccc(-c%11ccc%12c%13cc(-c%14ccc(-n%15c%16ccccc%16c%16ccccc%16%15)cc%14)ccc%13n(-c%13ccccc%13)c%12c%11)cc%10)c9)cc8)c7)ccc65)cc4)ccc32)cc1. The highest BCUT2D eigenvalue weighted by atomic mass is 15.0. The molecular formula is C96H62N4. The molecule has 0 amide bonds. The van der Waals surface area contributed by atoms with E-state index < -0.39 is 0 Å². The Morgan fingerprint density at radius 3 is 0.690 bits per heavy atom. The molecule has 0 aliphatic carbocycles. The van der Waals surface area contributed by atoms with Crippen LogP contribution in [0.1, 0.15) is 0 Å². The van der Waals surface area contributed by atoms with Crippen LogP contribution in [-0.2, 0) is 0 Å².